The molecule has 0 saturated heterocycles. The Labute approximate surface area is 137 Å². The molecule has 2 aromatic rings. The van der Waals surface area contributed by atoms with Crippen molar-refractivity contribution in [3.05, 3.63) is 119 Å². The summed E-state index contributed by atoms with van der Waals surface area (Å²) < 4.78 is 0. The lowest BCUT2D eigenvalue weighted by Crippen LogP contribution is -1.86. The Morgan fingerprint density at radius 2 is 1.17 bits per heavy atom. The highest BCUT2D eigenvalue weighted by atomic mass is 14.2. The molecule has 0 radical (unpaired) electrons. The van der Waals surface area contributed by atoms with Gasteiger partial charge in [0.2, 0.25) is 0 Å². The van der Waals surface area contributed by atoms with Crippen LogP contribution in [0.5, 0.6) is 0 Å². The zero-order chi connectivity index (χ0) is 15.5. The molecule has 0 nitrogen and oxygen atoms in total. The van der Waals surface area contributed by atoms with Crippen LogP contribution >= 0.6 is 0 Å². The van der Waals surface area contributed by atoms with Crippen LogP contribution < -0.4 is 0 Å². The lowest BCUT2D eigenvalue weighted by molar-refractivity contribution is 1.24. The van der Waals surface area contributed by atoms with Crippen LogP contribution in [-0.4, -0.2) is 0 Å². The van der Waals surface area contributed by atoms with Crippen molar-refractivity contribution in [3.63, 3.8) is 0 Å². The number of hydrogen-bond donors (Lipinski definition) is 0. The minimum Gasteiger partial charge on any atom is -0.0801 e. The summed E-state index contributed by atoms with van der Waals surface area (Å²) in [7, 11) is 0. The van der Waals surface area contributed by atoms with Gasteiger partial charge in [0.1, 0.15) is 0 Å². The molecule has 0 aromatic heterocycles. The average Bonchev–Trinajstić information content (AvgIpc) is 3.09. The Morgan fingerprint density at radius 1 is 0.609 bits per heavy atom. The van der Waals surface area contributed by atoms with E-state index < -0.39 is 0 Å². The fourth-order valence-corrected chi connectivity index (χ4v) is 3.13. The minimum atomic E-state index is 1.00. The van der Waals surface area contributed by atoms with Gasteiger partial charge in [-0.3, -0.25) is 0 Å². The summed E-state index contributed by atoms with van der Waals surface area (Å²) >= 11 is 0. The van der Waals surface area contributed by atoms with Gasteiger partial charge in [-0.15, -0.1) is 0 Å². The molecule has 0 unspecified atom stereocenters. The zero-order valence-electron chi connectivity index (χ0n) is 12.9. The van der Waals surface area contributed by atoms with Crippen molar-refractivity contribution >= 4 is 11.1 Å². The molecule has 110 valence electrons. The molecule has 0 amide bonds. The van der Waals surface area contributed by atoms with E-state index in [0.29, 0.717) is 0 Å². The van der Waals surface area contributed by atoms with E-state index in [9.17, 15) is 0 Å². The second-order valence-electron chi connectivity index (χ2n) is 5.82. The van der Waals surface area contributed by atoms with Crippen LogP contribution in [-0.2, 0) is 0 Å². The van der Waals surface area contributed by atoms with Gasteiger partial charge in [-0.1, -0.05) is 85.0 Å². The van der Waals surface area contributed by atoms with Gasteiger partial charge >= 0.3 is 0 Å². The van der Waals surface area contributed by atoms with Gasteiger partial charge in [0.05, 0.1) is 0 Å². The quantitative estimate of drug-likeness (QED) is 0.639. The second kappa shape index (κ2) is 6.10. The third-order valence-electron chi connectivity index (χ3n) is 4.31. The summed E-state index contributed by atoms with van der Waals surface area (Å²) in [5.74, 6) is 0. The number of allylic oxidation sites excluding steroid dienone is 10. The standard InChI is InChI=1S/C23H18/c1-4-10-18(11-5-1)21-16-22(19-12-6-2-7-13-19)23(17-21)20-14-8-3-9-15-20/h1-10,12-17H,11H2. The van der Waals surface area contributed by atoms with Crippen LogP contribution in [0.4, 0.5) is 0 Å². The van der Waals surface area contributed by atoms with Gasteiger partial charge in [-0.2, -0.15) is 0 Å². The van der Waals surface area contributed by atoms with Gasteiger partial charge in [-0.05, 0) is 52.0 Å². The lowest BCUT2D eigenvalue weighted by atomic mass is 9.95. The van der Waals surface area contributed by atoms with E-state index in [2.05, 4.69) is 97.1 Å². The fraction of sp³-hybridized carbons (Fsp3) is 0.0435. The largest absolute Gasteiger partial charge is 0.0801 e. The van der Waals surface area contributed by atoms with Gasteiger partial charge in [-0.25, -0.2) is 0 Å². The third-order valence-corrected chi connectivity index (χ3v) is 4.31. The molecule has 23 heavy (non-hydrogen) atoms. The molecule has 0 fully saturated rings. The molecular weight excluding hydrogens is 276 g/mol. The molecule has 0 heteroatoms. The molecular formula is C23H18. The van der Waals surface area contributed by atoms with Gasteiger partial charge in [0.15, 0.2) is 0 Å². The van der Waals surface area contributed by atoms with Crippen molar-refractivity contribution < 1.29 is 0 Å². The maximum Gasteiger partial charge on any atom is -0.00884 e. The van der Waals surface area contributed by atoms with Crippen molar-refractivity contribution in [1.82, 2.24) is 0 Å². The summed E-state index contributed by atoms with van der Waals surface area (Å²) in [6.07, 6.45) is 14.3. The monoisotopic (exact) mass is 294 g/mol. The van der Waals surface area contributed by atoms with Crippen molar-refractivity contribution in [2.75, 3.05) is 0 Å². The van der Waals surface area contributed by atoms with E-state index in [0.717, 1.165) is 6.42 Å². The molecule has 2 aliphatic carbocycles. The Balaban J connectivity index is 1.86. The average molecular weight is 294 g/mol. The Kier molecular flexibility index (Phi) is 3.65. The van der Waals surface area contributed by atoms with E-state index in [4.69, 9.17) is 0 Å². The smallest absolute Gasteiger partial charge is 0.00884 e. The van der Waals surface area contributed by atoms with Crippen LogP contribution in [0, 0.1) is 0 Å². The highest BCUT2D eigenvalue weighted by molar-refractivity contribution is 6.10. The highest BCUT2D eigenvalue weighted by Crippen LogP contribution is 2.39. The second-order valence-corrected chi connectivity index (χ2v) is 5.82. The Morgan fingerprint density at radius 3 is 1.65 bits per heavy atom. The summed E-state index contributed by atoms with van der Waals surface area (Å²) in [6, 6.07) is 21.3. The predicted molar refractivity (Wildman–Crippen MR) is 98.8 cm³/mol. The summed E-state index contributed by atoms with van der Waals surface area (Å²) in [4.78, 5) is 0. The van der Waals surface area contributed by atoms with E-state index in [1.807, 2.05) is 0 Å². The molecule has 4 rings (SSSR count). The molecule has 0 heterocycles. The molecule has 2 aliphatic rings. The van der Waals surface area contributed by atoms with Crippen LogP contribution in [0.15, 0.2) is 108 Å². The summed E-state index contributed by atoms with van der Waals surface area (Å²) in [5, 5.41) is 0. The van der Waals surface area contributed by atoms with Crippen molar-refractivity contribution in [1.29, 1.82) is 0 Å². The number of rotatable bonds is 2. The Hall–Kier alpha value is -2.86. The SMILES string of the molecule is C1=CCC(=C2C=C(c3ccccc3)C(c3ccccc3)=C2)C=C1. The molecule has 0 N–H and O–H groups in total. The summed E-state index contributed by atoms with van der Waals surface area (Å²) in [5.41, 5.74) is 7.86. The van der Waals surface area contributed by atoms with E-state index in [1.165, 1.54) is 33.4 Å². The number of hydrogen-bond acceptors (Lipinski definition) is 0. The lowest BCUT2D eigenvalue weighted by Gasteiger charge is -2.08. The third kappa shape index (κ3) is 2.76. The first-order valence-electron chi connectivity index (χ1n) is 8.03. The van der Waals surface area contributed by atoms with E-state index in [1.54, 1.807) is 0 Å². The molecule has 2 aromatic carbocycles. The zero-order valence-corrected chi connectivity index (χ0v) is 12.9. The maximum atomic E-state index is 2.33. The molecule has 0 atom stereocenters. The molecule has 0 aliphatic heterocycles. The molecule has 0 bridgehead atoms. The van der Waals surface area contributed by atoms with Crippen LogP contribution in [0.3, 0.4) is 0 Å². The first-order valence-corrected chi connectivity index (χ1v) is 8.03. The number of benzene rings is 2. The van der Waals surface area contributed by atoms with Crippen LogP contribution in [0.25, 0.3) is 11.1 Å². The van der Waals surface area contributed by atoms with Crippen molar-refractivity contribution in [3.8, 4) is 0 Å². The van der Waals surface area contributed by atoms with E-state index >= 15 is 0 Å². The van der Waals surface area contributed by atoms with E-state index in [-0.39, 0.29) is 0 Å². The molecule has 0 spiro atoms. The van der Waals surface area contributed by atoms with Crippen LogP contribution in [0.1, 0.15) is 17.5 Å². The maximum absolute atomic E-state index is 2.33. The van der Waals surface area contributed by atoms with Crippen molar-refractivity contribution in [2.24, 2.45) is 0 Å². The first-order chi connectivity index (χ1) is 11.4. The highest BCUT2D eigenvalue weighted by Gasteiger charge is 2.18. The van der Waals surface area contributed by atoms with Gasteiger partial charge < -0.3 is 0 Å². The Bertz CT molecular complexity index is 799. The predicted octanol–water partition coefficient (Wildman–Crippen LogP) is 5.98. The van der Waals surface area contributed by atoms with Crippen molar-refractivity contribution in [2.45, 2.75) is 6.42 Å². The summed E-state index contributed by atoms with van der Waals surface area (Å²) in [6.45, 7) is 0. The van der Waals surface area contributed by atoms with Gasteiger partial charge in [0, 0.05) is 0 Å². The normalized spacial score (nSPS) is 16.5. The van der Waals surface area contributed by atoms with Gasteiger partial charge in [0.25, 0.3) is 0 Å². The van der Waals surface area contributed by atoms with Crippen LogP contribution in [0.2, 0.25) is 0 Å². The minimum absolute atomic E-state index is 1.00. The topological polar surface area (TPSA) is 0 Å². The molecule has 0 saturated carbocycles. The fourth-order valence-electron chi connectivity index (χ4n) is 3.13. The first kappa shape index (κ1) is 13.8.